The molecule has 3 atom stereocenters. The number of carbonyl (C=O) groups is 3. The van der Waals surface area contributed by atoms with Crippen LogP contribution in [-0.2, 0) is 14.4 Å². The number of amides is 3. The van der Waals surface area contributed by atoms with E-state index in [2.05, 4.69) is 10.6 Å². The highest BCUT2D eigenvalue weighted by Gasteiger charge is 2.50. The molecule has 156 valence electrons. The quantitative estimate of drug-likeness (QED) is 0.747. The van der Waals surface area contributed by atoms with Crippen LogP contribution < -0.4 is 16.2 Å². The van der Waals surface area contributed by atoms with Gasteiger partial charge in [0.05, 0.1) is 12.6 Å². The summed E-state index contributed by atoms with van der Waals surface area (Å²) in [6.45, 7) is 4.85. The van der Waals surface area contributed by atoms with Gasteiger partial charge in [0.25, 0.3) is 5.56 Å². The number of hydrogen-bond acceptors (Lipinski definition) is 4. The molecule has 2 bridgehead atoms. The minimum atomic E-state index is -0.290. The SMILES string of the molecule is CC(=O)NCC(=O)NC[C@H]1[C@H]2C[C@H](CN(C(=O)C3(C)CC3)C2)c2cccc(=O)n21. The second-order valence-electron chi connectivity index (χ2n) is 8.90. The van der Waals surface area contributed by atoms with Gasteiger partial charge in [-0.25, -0.2) is 0 Å². The zero-order valence-corrected chi connectivity index (χ0v) is 16.9. The molecule has 2 aliphatic heterocycles. The molecule has 2 N–H and O–H groups in total. The predicted octanol–water partition coefficient (Wildman–Crippen LogP) is 0.388. The second-order valence-corrected chi connectivity index (χ2v) is 8.90. The number of piperidine rings is 1. The van der Waals surface area contributed by atoms with Crippen LogP contribution in [0.15, 0.2) is 23.0 Å². The van der Waals surface area contributed by atoms with Crippen molar-refractivity contribution in [2.75, 3.05) is 26.2 Å². The summed E-state index contributed by atoms with van der Waals surface area (Å²) in [5, 5.41) is 5.33. The molecule has 0 radical (unpaired) electrons. The van der Waals surface area contributed by atoms with Crippen LogP contribution in [0, 0.1) is 11.3 Å². The van der Waals surface area contributed by atoms with Crippen molar-refractivity contribution in [1.82, 2.24) is 20.1 Å². The van der Waals surface area contributed by atoms with Crippen molar-refractivity contribution < 1.29 is 14.4 Å². The highest BCUT2D eigenvalue weighted by molar-refractivity contribution is 5.85. The number of nitrogens with zero attached hydrogens (tertiary/aromatic N) is 2. The van der Waals surface area contributed by atoms with E-state index in [4.69, 9.17) is 0 Å². The lowest BCUT2D eigenvalue weighted by atomic mass is 9.78. The summed E-state index contributed by atoms with van der Waals surface area (Å²) in [5.41, 5.74) is 0.643. The Morgan fingerprint density at radius 1 is 1.17 bits per heavy atom. The fourth-order valence-corrected chi connectivity index (χ4v) is 4.74. The molecule has 3 aliphatic rings. The Balaban J connectivity index is 1.56. The number of nitrogens with one attached hydrogen (secondary N) is 2. The minimum absolute atomic E-state index is 0.0766. The number of aromatic nitrogens is 1. The molecule has 1 aliphatic carbocycles. The molecule has 8 heteroatoms. The maximum absolute atomic E-state index is 13.0. The van der Waals surface area contributed by atoms with Gasteiger partial charge in [0.1, 0.15) is 0 Å². The van der Waals surface area contributed by atoms with Crippen molar-refractivity contribution in [2.45, 2.75) is 45.1 Å². The smallest absolute Gasteiger partial charge is 0.251 e. The molecule has 29 heavy (non-hydrogen) atoms. The Bertz CT molecular complexity index is 904. The minimum Gasteiger partial charge on any atom is -0.352 e. The Labute approximate surface area is 169 Å². The van der Waals surface area contributed by atoms with E-state index in [1.54, 1.807) is 16.7 Å². The van der Waals surface area contributed by atoms with Gasteiger partial charge in [0.2, 0.25) is 17.7 Å². The van der Waals surface area contributed by atoms with E-state index >= 15 is 0 Å². The second kappa shape index (κ2) is 7.31. The van der Waals surface area contributed by atoms with Crippen LogP contribution in [0.4, 0.5) is 0 Å². The number of hydrogen-bond donors (Lipinski definition) is 2. The summed E-state index contributed by atoms with van der Waals surface area (Å²) in [6, 6.07) is 5.06. The summed E-state index contributed by atoms with van der Waals surface area (Å²) in [7, 11) is 0. The lowest BCUT2D eigenvalue weighted by Gasteiger charge is -2.47. The summed E-state index contributed by atoms with van der Waals surface area (Å²) < 4.78 is 1.80. The highest BCUT2D eigenvalue weighted by Crippen LogP contribution is 2.49. The predicted molar refractivity (Wildman–Crippen MR) is 106 cm³/mol. The summed E-state index contributed by atoms with van der Waals surface area (Å²) in [5.74, 6) is -0.0966. The van der Waals surface area contributed by atoms with Gasteiger partial charge in [0.15, 0.2) is 0 Å². The van der Waals surface area contributed by atoms with E-state index in [1.807, 2.05) is 17.9 Å². The first-order valence-electron chi connectivity index (χ1n) is 10.3. The third kappa shape index (κ3) is 3.80. The Morgan fingerprint density at radius 3 is 2.62 bits per heavy atom. The maximum Gasteiger partial charge on any atom is 0.251 e. The zero-order valence-electron chi connectivity index (χ0n) is 16.9. The highest BCUT2D eigenvalue weighted by atomic mass is 16.2. The number of likely N-dealkylation sites (tertiary alicyclic amines) is 1. The van der Waals surface area contributed by atoms with E-state index < -0.39 is 0 Å². The molecule has 4 rings (SSSR count). The number of pyridine rings is 1. The van der Waals surface area contributed by atoms with Crippen LogP contribution in [0.5, 0.6) is 0 Å². The number of fused-ring (bicyclic) bond motifs is 4. The molecule has 0 spiro atoms. The van der Waals surface area contributed by atoms with Gasteiger partial charge >= 0.3 is 0 Å². The number of rotatable bonds is 5. The van der Waals surface area contributed by atoms with Gasteiger partial charge in [0, 0.05) is 49.7 Å². The van der Waals surface area contributed by atoms with Gasteiger partial charge in [-0.3, -0.25) is 19.2 Å². The third-order valence-electron chi connectivity index (χ3n) is 6.61. The van der Waals surface area contributed by atoms with Crippen molar-refractivity contribution in [3.63, 3.8) is 0 Å². The third-order valence-corrected chi connectivity index (χ3v) is 6.61. The molecule has 8 nitrogen and oxygen atoms in total. The topological polar surface area (TPSA) is 101 Å². The molecule has 3 amide bonds. The van der Waals surface area contributed by atoms with Crippen LogP contribution in [0.25, 0.3) is 0 Å². The molecule has 0 aromatic carbocycles. The summed E-state index contributed by atoms with van der Waals surface area (Å²) in [4.78, 5) is 50.7. The lowest BCUT2D eigenvalue weighted by molar-refractivity contribution is -0.139. The summed E-state index contributed by atoms with van der Waals surface area (Å²) >= 11 is 0. The fraction of sp³-hybridized carbons (Fsp3) is 0.619. The summed E-state index contributed by atoms with van der Waals surface area (Å²) in [6.07, 6.45) is 2.78. The molecular formula is C21H28N4O4. The van der Waals surface area contributed by atoms with Crippen LogP contribution >= 0.6 is 0 Å². The zero-order chi connectivity index (χ0) is 20.8. The van der Waals surface area contributed by atoms with Crippen LogP contribution in [0.2, 0.25) is 0 Å². The Morgan fingerprint density at radius 2 is 1.93 bits per heavy atom. The molecule has 1 aromatic rings. The Hall–Kier alpha value is -2.64. The van der Waals surface area contributed by atoms with Gasteiger partial charge in [-0.05, 0) is 31.2 Å². The lowest BCUT2D eigenvalue weighted by Crippen LogP contribution is -2.54. The first-order valence-corrected chi connectivity index (χ1v) is 10.3. The van der Waals surface area contributed by atoms with Gasteiger partial charge in [-0.1, -0.05) is 13.0 Å². The van der Waals surface area contributed by atoms with Crippen molar-refractivity contribution in [3.8, 4) is 0 Å². The molecule has 1 aromatic heterocycles. The van der Waals surface area contributed by atoms with E-state index in [-0.39, 0.29) is 53.1 Å². The van der Waals surface area contributed by atoms with Gasteiger partial charge < -0.3 is 20.1 Å². The van der Waals surface area contributed by atoms with E-state index in [0.29, 0.717) is 19.6 Å². The van der Waals surface area contributed by atoms with Crippen molar-refractivity contribution in [3.05, 3.63) is 34.2 Å². The molecule has 1 saturated heterocycles. The first-order chi connectivity index (χ1) is 13.8. The average Bonchev–Trinajstić information content (AvgIpc) is 3.44. The maximum atomic E-state index is 13.0. The van der Waals surface area contributed by atoms with E-state index in [1.165, 1.54) is 6.92 Å². The van der Waals surface area contributed by atoms with Crippen molar-refractivity contribution in [2.24, 2.45) is 11.3 Å². The fourth-order valence-electron chi connectivity index (χ4n) is 4.74. The monoisotopic (exact) mass is 400 g/mol. The average molecular weight is 400 g/mol. The molecule has 3 heterocycles. The molecule has 1 saturated carbocycles. The van der Waals surface area contributed by atoms with Crippen molar-refractivity contribution >= 4 is 17.7 Å². The van der Waals surface area contributed by atoms with Gasteiger partial charge in [-0.15, -0.1) is 0 Å². The van der Waals surface area contributed by atoms with Crippen LogP contribution in [-0.4, -0.2) is 53.4 Å². The molecular weight excluding hydrogens is 372 g/mol. The van der Waals surface area contributed by atoms with Crippen LogP contribution in [0.1, 0.15) is 50.8 Å². The standard InChI is InChI=1S/C21H28N4O4/c1-13(26)22-10-18(27)23-9-17-15-8-14(16-4-3-5-19(28)25(16)17)11-24(12-15)20(29)21(2)6-7-21/h3-5,14-15,17H,6-12H2,1-2H3,(H,22,26)(H,23,27)/t14-,15+,17+/m1/s1. The normalized spacial score (nSPS) is 26.3. The van der Waals surface area contributed by atoms with Crippen molar-refractivity contribution in [1.29, 1.82) is 0 Å². The Kier molecular flexibility index (Phi) is 4.96. The van der Waals surface area contributed by atoms with E-state index in [9.17, 15) is 19.2 Å². The largest absolute Gasteiger partial charge is 0.352 e. The molecule has 0 unspecified atom stereocenters. The van der Waals surface area contributed by atoms with E-state index in [0.717, 1.165) is 25.0 Å². The first kappa shape index (κ1) is 19.7. The van der Waals surface area contributed by atoms with Gasteiger partial charge in [-0.2, -0.15) is 0 Å². The number of carbonyl (C=O) groups excluding carboxylic acids is 3. The molecule has 2 fully saturated rings. The van der Waals surface area contributed by atoms with Crippen LogP contribution in [0.3, 0.4) is 0 Å².